The highest BCUT2D eigenvalue weighted by Crippen LogP contribution is 2.37. The molecule has 5 aliphatic heterocycles. The number of carbonyl (C=O) groups is 8. The van der Waals surface area contributed by atoms with Crippen molar-refractivity contribution >= 4 is 81.8 Å². The molecule has 1 aromatic carbocycles. The van der Waals surface area contributed by atoms with Crippen LogP contribution in [0.1, 0.15) is 146 Å². The summed E-state index contributed by atoms with van der Waals surface area (Å²) in [5, 5.41) is 25.8. The molecule has 4 saturated heterocycles. The Morgan fingerprint density at radius 1 is 0.652 bits per heavy atom. The van der Waals surface area contributed by atoms with Crippen LogP contribution in [0.4, 0.5) is 4.79 Å². The molecule has 484 valence electrons. The molecule has 9 amide bonds. The fourth-order valence-corrected chi connectivity index (χ4v) is 15.0. The molecule has 89 heavy (non-hydrogen) atoms. The molecule has 8 atom stereocenters. The van der Waals surface area contributed by atoms with Gasteiger partial charge in [-0.3, -0.25) is 33.6 Å². The number of nitrogens with one attached hydrogen (secondary N) is 7. The van der Waals surface area contributed by atoms with Gasteiger partial charge in [0.05, 0.1) is 77.0 Å². The van der Waals surface area contributed by atoms with E-state index in [1.54, 1.807) is 15.7 Å². The quantitative estimate of drug-likeness (QED) is 0.0282. The number of unbranched alkanes of at least 4 members (excludes halogenated alkanes) is 2. The van der Waals surface area contributed by atoms with Crippen molar-refractivity contribution in [3.05, 3.63) is 74.3 Å². The van der Waals surface area contributed by atoms with Gasteiger partial charge in [0.1, 0.15) is 45.8 Å². The lowest BCUT2D eigenvalue weighted by Crippen LogP contribution is -2.53. The molecule has 5 aliphatic rings. The monoisotopic (exact) mass is 1290 g/mol. The zero-order valence-corrected chi connectivity index (χ0v) is 53.1. The van der Waals surface area contributed by atoms with E-state index in [0.29, 0.717) is 138 Å². The molecule has 8 heterocycles. The van der Waals surface area contributed by atoms with Crippen molar-refractivity contribution in [3.8, 4) is 11.6 Å². The Morgan fingerprint density at radius 3 is 2.09 bits per heavy atom. The van der Waals surface area contributed by atoms with Gasteiger partial charge in [0.15, 0.2) is 5.69 Å². The highest BCUT2D eigenvalue weighted by Gasteiger charge is 2.43. The molecule has 0 unspecified atom stereocenters. The minimum atomic E-state index is -1.06. The van der Waals surface area contributed by atoms with E-state index in [9.17, 15) is 38.4 Å². The number of thiazole rings is 2. The van der Waals surface area contributed by atoms with E-state index in [1.165, 1.54) is 33.8 Å². The Kier molecular flexibility index (Phi) is 25.6. The van der Waals surface area contributed by atoms with Crippen molar-refractivity contribution in [3.63, 3.8) is 0 Å². The third-order valence-corrected chi connectivity index (χ3v) is 19.6. The summed E-state index contributed by atoms with van der Waals surface area (Å²) in [5.41, 5.74) is 1.40. The number of hydrogen-bond donors (Lipinski definition) is 7. The van der Waals surface area contributed by atoms with Crippen molar-refractivity contribution < 1.29 is 61.7 Å². The zero-order valence-electron chi connectivity index (χ0n) is 50.7. The molecule has 0 spiro atoms. The maximum atomic E-state index is 14.7. The predicted molar refractivity (Wildman–Crippen MR) is 333 cm³/mol. The average Bonchev–Trinajstić information content (AvgIpc) is 1.89. The van der Waals surface area contributed by atoms with Gasteiger partial charge in [0, 0.05) is 60.8 Å². The number of oxazole rings is 1. The molecule has 7 N–H and O–H groups in total. The number of nitrogens with zero attached hydrogens (tertiary/aromatic N) is 5. The molecule has 0 saturated carbocycles. The van der Waals surface area contributed by atoms with Crippen molar-refractivity contribution in [1.82, 2.24) is 62.0 Å². The van der Waals surface area contributed by atoms with Gasteiger partial charge >= 0.3 is 6.03 Å². The Balaban J connectivity index is 0.714. The number of fused-ring (bicyclic) bond motifs is 11. The number of thioether (sulfide) groups is 1. The van der Waals surface area contributed by atoms with E-state index in [2.05, 4.69) is 42.2 Å². The highest BCUT2D eigenvalue weighted by atomic mass is 32.2. The van der Waals surface area contributed by atoms with Crippen molar-refractivity contribution in [2.75, 3.05) is 84.8 Å². The number of rotatable bonds is 29. The van der Waals surface area contributed by atoms with E-state index in [0.717, 1.165) is 37.0 Å². The maximum absolute atomic E-state index is 14.7. The van der Waals surface area contributed by atoms with Crippen molar-refractivity contribution in [2.24, 2.45) is 5.92 Å². The van der Waals surface area contributed by atoms with Gasteiger partial charge in [-0.2, -0.15) is 11.8 Å². The van der Waals surface area contributed by atoms with Gasteiger partial charge in [0.25, 0.3) is 11.8 Å². The summed E-state index contributed by atoms with van der Waals surface area (Å²) < 4.78 is 28.1. The van der Waals surface area contributed by atoms with E-state index in [4.69, 9.17) is 33.3 Å². The fourth-order valence-electron chi connectivity index (χ4n) is 11.6. The normalized spacial score (nSPS) is 23.0. The van der Waals surface area contributed by atoms with E-state index in [-0.39, 0.29) is 91.1 Å². The van der Waals surface area contributed by atoms with Crippen LogP contribution in [0.3, 0.4) is 0 Å². The first-order valence-corrected chi connectivity index (χ1v) is 34.1. The van der Waals surface area contributed by atoms with E-state index in [1.807, 2.05) is 55.9 Å². The summed E-state index contributed by atoms with van der Waals surface area (Å²) in [6.45, 7) is 8.19. The topological polar surface area (TPSA) is 316 Å². The van der Waals surface area contributed by atoms with Gasteiger partial charge in [-0.05, 0) is 82.1 Å². The molecular formula is C61H84N12O13S3. The standard InChI is InChI=1S/C61H84N12O13S3/c1-38(2)32-42-59(79)73-23-11-16-48(73)58-69-46(37-89-58)56-67-43(34-86-56)60(80)72-22-10-15-47(72)55(78)64-40(53(76)65-41(33-39-12-4-3-5-13-39)57-68-45(36-88-57)54(77)66-42)14-8-9-20-62-51(75)19-24-82-26-28-84-30-31-85-29-27-83-25-21-63-50(74)18-7-6-17-49-52-44(35-87-49)70-61(81)71-52/h3-5,12-13,34,36-38,40-42,44,47-49,52H,6-11,14-33,35H2,1-2H3,(H,62,75)(H,63,74)(H,64,78)(H,65,76)(H,66,77)(H2,70,71,81)/t40-,41+,42-,44-,47-,48-,49-,52-/m0/s1. The summed E-state index contributed by atoms with van der Waals surface area (Å²) in [7, 11) is 0. The minimum absolute atomic E-state index is 0.00229. The Labute approximate surface area is 530 Å². The molecule has 6 bridgehead atoms. The molecule has 4 aromatic rings. The van der Waals surface area contributed by atoms with Gasteiger partial charge < -0.3 is 70.4 Å². The second-order valence-electron chi connectivity index (χ2n) is 23.3. The van der Waals surface area contributed by atoms with Crippen LogP contribution in [-0.2, 0) is 49.3 Å². The van der Waals surface area contributed by atoms with Crippen LogP contribution in [0.5, 0.6) is 0 Å². The number of carbonyl (C=O) groups excluding carboxylic acids is 8. The van der Waals surface area contributed by atoms with Crippen LogP contribution < -0.4 is 37.2 Å². The van der Waals surface area contributed by atoms with Crippen LogP contribution in [0.15, 0.2) is 51.8 Å². The van der Waals surface area contributed by atoms with Gasteiger partial charge in [-0.15, -0.1) is 22.7 Å². The molecular weight excluding hydrogens is 1200 g/mol. The average molecular weight is 1290 g/mol. The van der Waals surface area contributed by atoms with E-state index < -0.39 is 47.8 Å². The fraction of sp³-hybridized carbons (Fsp3) is 0.623. The molecule has 25 nitrogen and oxygen atoms in total. The second kappa shape index (κ2) is 34.0. The van der Waals surface area contributed by atoms with Crippen LogP contribution in [-0.4, -0.2) is 192 Å². The van der Waals surface area contributed by atoms with Crippen LogP contribution in [0.2, 0.25) is 0 Å². The highest BCUT2D eigenvalue weighted by molar-refractivity contribution is 8.00. The van der Waals surface area contributed by atoms with Gasteiger partial charge in [0.2, 0.25) is 35.4 Å². The van der Waals surface area contributed by atoms with Crippen LogP contribution in [0, 0.1) is 5.92 Å². The number of ether oxygens (including phenoxy) is 4. The first-order valence-electron chi connectivity index (χ1n) is 31.2. The van der Waals surface area contributed by atoms with Crippen molar-refractivity contribution in [2.45, 2.75) is 151 Å². The Hall–Kier alpha value is -6.56. The van der Waals surface area contributed by atoms with Gasteiger partial charge in [-0.25, -0.2) is 19.7 Å². The summed E-state index contributed by atoms with van der Waals surface area (Å²) in [4.78, 5) is 126. The van der Waals surface area contributed by atoms with Crippen LogP contribution >= 0.6 is 34.4 Å². The number of urea groups is 1. The molecule has 0 aliphatic carbocycles. The lowest BCUT2D eigenvalue weighted by Gasteiger charge is -2.29. The lowest BCUT2D eigenvalue weighted by molar-refractivity contribution is -0.134. The predicted octanol–water partition coefficient (Wildman–Crippen LogP) is 4.85. The zero-order chi connectivity index (χ0) is 62.5. The molecule has 9 rings (SSSR count). The summed E-state index contributed by atoms with van der Waals surface area (Å²) >= 11 is 4.45. The molecule has 3 aromatic heterocycles. The lowest BCUT2D eigenvalue weighted by atomic mass is 10.0. The SMILES string of the molecule is CC(C)C[C@@H]1NC(=O)c2csc(n2)[C@@H](Cc2ccccc2)NC(=O)[C@H](CCCCNC(=O)CCOCCOCCOCCOCCNC(=O)CCCC[C@@H]2SC[C@@H]3NC(=O)N[C@@H]32)NC(=O)[C@@H]2CCCN2C(=O)c2coc(n2)-c2csc(n2)[C@@H]2CCCN2C1=O. The number of hydrogen-bond acceptors (Lipinski definition) is 19. The second-order valence-corrected chi connectivity index (χ2v) is 26.3. The summed E-state index contributed by atoms with van der Waals surface area (Å²) in [6.07, 6.45) is 8.67. The largest absolute Gasteiger partial charge is 0.442 e. The number of aromatic nitrogens is 3. The summed E-state index contributed by atoms with van der Waals surface area (Å²) in [6, 6.07) is 5.95. The number of amides is 9. The Morgan fingerprint density at radius 2 is 1.31 bits per heavy atom. The third-order valence-electron chi connectivity index (χ3n) is 16.2. The number of benzene rings is 1. The van der Waals surface area contributed by atoms with Crippen LogP contribution in [0.25, 0.3) is 11.6 Å². The Bertz CT molecular complexity index is 3000. The first-order chi connectivity index (χ1) is 43.3. The first kappa shape index (κ1) is 66.8. The van der Waals surface area contributed by atoms with Gasteiger partial charge in [-0.1, -0.05) is 50.6 Å². The maximum Gasteiger partial charge on any atom is 0.315 e. The van der Waals surface area contributed by atoms with Crippen molar-refractivity contribution in [1.29, 1.82) is 0 Å². The third kappa shape index (κ3) is 19.5. The van der Waals surface area contributed by atoms with E-state index >= 15 is 0 Å². The minimum Gasteiger partial charge on any atom is -0.442 e. The molecule has 4 fully saturated rings. The summed E-state index contributed by atoms with van der Waals surface area (Å²) in [5.74, 6) is -1.33. The molecule has 28 heteroatoms. The molecule has 0 radical (unpaired) electrons. The smallest absolute Gasteiger partial charge is 0.315 e.